The topological polar surface area (TPSA) is 70.8 Å². The molecule has 1 aliphatic heterocycles. The van der Waals surface area contributed by atoms with Crippen LogP contribution in [0.2, 0.25) is 0 Å². The van der Waals surface area contributed by atoms with Gasteiger partial charge in [0, 0.05) is 5.56 Å². The predicted molar refractivity (Wildman–Crippen MR) is 96.0 cm³/mol. The van der Waals surface area contributed by atoms with Crippen LogP contribution in [0.4, 0.5) is 0 Å². The van der Waals surface area contributed by atoms with Crippen LogP contribution in [0.25, 0.3) is 15.5 Å². The molecule has 2 aromatic heterocycles. The lowest BCUT2D eigenvalue weighted by Crippen LogP contribution is -2.23. The summed E-state index contributed by atoms with van der Waals surface area (Å²) < 4.78 is 18.8. The highest BCUT2D eigenvalue weighted by atomic mass is 32.1. The molecule has 0 spiro atoms. The van der Waals surface area contributed by atoms with Crippen molar-refractivity contribution in [3.63, 3.8) is 0 Å². The maximum atomic E-state index is 6.03. The quantitative estimate of drug-likeness (QED) is 0.554. The number of para-hydroxylation sites is 2. The molecule has 0 bridgehead atoms. The second-order valence-electron chi connectivity index (χ2n) is 5.76. The first kappa shape index (κ1) is 15.2. The molecule has 0 radical (unpaired) electrons. The maximum Gasteiger partial charge on any atom is 0.235 e. The van der Waals surface area contributed by atoms with E-state index in [1.165, 1.54) is 11.3 Å². The van der Waals surface area contributed by atoms with Crippen LogP contribution in [0, 0.1) is 0 Å². The lowest BCUT2D eigenvalue weighted by molar-refractivity contribution is 0.0836. The highest BCUT2D eigenvalue weighted by Gasteiger charge is 2.28. The van der Waals surface area contributed by atoms with Gasteiger partial charge in [-0.1, -0.05) is 35.6 Å². The molecule has 4 aromatic rings. The number of nitrogens with zero attached hydrogens (tertiary/aromatic N) is 4. The third kappa shape index (κ3) is 2.46. The minimum atomic E-state index is -0.361. The van der Waals surface area contributed by atoms with E-state index in [2.05, 4.69) is 15.3 Å². The molecule has 0 N–H and O–H groups in total. The smallest absolute Gasteiger partial charge is 0.235 e. The number of benzene rings is 2. The van der Waals surface area contributed by atoms with Gasteiger partial charge in [0.05, 0.1) is 7.11 Å². The molecule has 1 aliphatic rings. The van der Waals surface area contributed by atoms with Gasteiger partial charge in [-0.05, 0) is 24.3 Å². The van der Waals surface area contributed by atoms with Gasteiger partial charge in [-0.15, -0.1) is 10.2 Å². The van der Waals surface area contributed by atoms with Gasteiger partial charge in [-0.25, -0.2) is 0 Å². The van der Waals surface area contributed by atoms with Crippen LogP contribution in [0.3, 0.4) is 0 Å². The van der Waals surface area contributed by atoms with Crippen LogP contribution < -0.4 is 14.2 Å². The van der Waals surface area contributed by atoms with E-state index in [1.807, 2.05) is 48.5 Å². The van der Waals surface area contributed by atoms with Gasteiger partial charge in [0.1, 0.15) is 17.4 Å². The number of hydrogen-bond donors (Lipinski definition) is 0. The lowest BCUT2D eigenvalue weighted by atomic mass is 10.2. The van der Waals surface area contributed by atoms with Crippen LogP contribution in [0.15, 0.2) is 48.5 Å². The minimum absolute atomic E-state index is 0.361. The Morgan fingerprint density at radius 1 is 1.12 bits per heavy atom. The summed E-state index contributed by atoms with van der Waals surface area (Å²) in [5.74, 6) is 2.85. The van der Waals surface area contributed by atoms with Crippen LogP contribution in [0.1, 0.15) is 11.9 Å². The molecule has 0 aliphatic carbocycles. The van der Waals surface area contributed by atoms with Crippen LogP contribution in [-0.4, -0.2) is 33.5 Å². The van der Waals surface area contributed by atoms with Crippen LogP contribution in [-0.2, 0) is 0 Å². The van der Waals surface area contributed by atoms with Crippen molar-refractivity contribution in [1.82, 2.24) is 19.8 Å². The number of aromatic nitrogens is 4. The third-order valence-corrected chi connectivity index (χ3v) is 5.08. The fourth-order valence-electron chi connectivity index (χ4n) is 2.85. The first-order valence-electron chi connectivity index (χ1n) is 8.07. The summed E-state index contributed by atoms with van der Waals surface area (Å²) in [7, 11) is 1.65. The molecule has 0 amide bonds. The Morgan fingerprint density at radius 2 is 2.00 bits per heavy atom. The predicted octanol–water partition coefficient (Wildman–Crippen LogP) is 3.37. The molecule has 1 unspecified atom stereocenters. The Morgan fingerprint density at radius 3 is 2.88 bits per heavy atom. The monoisotopic (exact) mass is 366 g/mol. The SMILES string of the molecule is COc1cccc(-c2nn3c(C4COc5ccccc5O4)nnc3s2)c1. The third-order valence-electron chi connectivity index (χ3n) is 4.13. The minimum Gasteiger partial charge on any atom is -0.497 e. The molecule has 26 heavy (non-hydrogen) atoms. The fraction of sp³-hybridized carbons (Fsp3) is 0.167. The molecule has 0 fully saturated rings. The summed E-state index contributed by atoms with van der Waals surface area (Å²) in [4.78, 5) is 0.709. The number of ether oxygens (including phenoxy) is 3. The highest BCUT2D eigenvalue weighted by molar-refractivity contribution is 7.19. The van der Waals surface area contributed by atoms with Crippen molar-refractivity contribution in [2.75, 3.05) is 13.7 Å². The van der Waals surface area contributed by atoms with Gasteiger partial charge in [-0.3, -0.25) is 0 Å². The number of methoxy groups -OCH3 is 1. The van der Waals surface area contributed by atoms with Crippen molar-refractivity contribution in [3.8, 4) is 27.8 Å². The zero-order valence-electron chi connectivity index (χ0n) is 13.8. The fourth-order valence-corrected chi connectivity index (χ4v) is 3.70. The molecule has 3 heterocycles. The summed E-state index contributed by atoms with van der Waals surface area (Å²) in [5.41, 5.74) is 0.969. The zero-order chi connectivity index (χ0) is 17.5. The summed E-state index contributed by atoms with van der Waals surface area (Å²) >= 11 is 1.47. The molecule has 8 heteroatoms. The molecule has 0 saturated carbocycles. The largest absolute Gasteiger partial charge is 0.497 e. The van der Waals surface area contributed by atoms with Gasteiger partial charge in [0.15, 0.2) is 23.4 Å². The Bertz CT molecular complexity index is 1090. The lowest BCUT2D eigenvalue weighted by Gasteiger charge is -2.24. The van der Waals surface area contributed by atoms with Crippen molar-refractivity contribution in [1.29, 1.82) is 0 Å². The van der Waals surface area contributed by atoms with Crippen LogP contribution in [0.5, 0.6) is 17.2 Å². The van der Waals surface area contributed by atoms with Crippen molar-refractivity contribution < 1.29 is 14.2 Å². The Hall–Kier alpha value is -3.13. The summed E-state index contributed by atoms with van der Waals surface area (Å²) in [6, 6.07) is 15.4. The Balaban J connectivity index is 1.51. The van der Waals surface area contributed by atoms with Crippen molar-refractivity contribution in [3.05, 3.63) is 54.4 Å². The molecule has 130 valence electrons. The van der Waals surface area contributed by atoms with E-state index in [-0.39, 0.29) is 6.10 Å². The van der Waals surface area contributed by atoms with E-state index in [1.54, 1.807) is 11.6 Å². The second kappa shape index (κ2) is 5.99. The van der Waals surface area contributed by atoms with E-state index < -0.39 is 0 Å². The molecular formula is C18H14N4O3S. The number of fused-ring (bicyclic) bond motifs is 2. The molecule has 1 atom stereocenters. The summed E-state index contributed by atoms with van der Waals surface area (Å²) in [5, 5.41) is 14.0. The first-order valence-corrected chi connectivity index (χ1v) is 8.88. The van der Waals surface area contributed by atoms with E-state index >= 15 is 0 Å². The van der Waals surface area contributed by atoms with Crippen LogP contribution >= 0.6 is 11.3 Å². The standard InChI is InChI=1S/C18H14N4O3S/c1-23-12-6-4-5-11(9-12)17-21-22-16(19-20-18(22)26-17)15-10-24-13-7-2-3-8-14(13)25-15/h2-9,15H,10H2,1H3. The highest BCUT2D eigenvalue weighted by Crippen LogP contribution is 2.36. The average Bonchev–Trinajstić information content (AvgIpc) is 3.28. The van der Waals surface area contributed by atoms with E-state index in [4.69, 9.17) is 14.2 Å². The molecule has 7 nitrogen and oxygen atoms in total. The van der Waals surface area contributed by atoms with Gasteiger partial charge < -0.3 is 14.2 Å². The normalized spacial score (nSPS) is 16.0. The summed E-state index contributed by atoms with van der Waals surface area (Å²) in [6.07, 6.45) is -0.361. The molecule has 0 saturated heterocycles. The Labute approximate surface area is 152 Å². The molecule has 2 aromatic carbocycles. The molecular weight excluding hydrogens is 352 g/mol. The van der Waals surface area contributed by atoms with Gasteiger partial charge in [-0.2, -0.15) is 9.61 Å². The van der Waals surface area contributed by atoms with E-state index in [0.29, 0.717) is 23.1 Å². The van der Waals surface area contributed by atoms with Gasteiger partial charge >= 0.3 is 0 Å². The second-order valence-corrected chi connectivity index (χ2v) is 6.71. The van der Waals surface area contributed by atoms with Gasteiger partial charge in [0.25, 0.3) is 0 Å². The Kier molecular flexibility index (Phi) is 3.49. The van der Waals surface area contributed by atoms with E-state index in [0.717, 1.165) is 22.1 Å². The first-order chi connectivity index (χ1) is 12.8. The van der Waals surface area contributed by atoms with Gasteiger partial charge in [0.2, 0.25) is 4.96 Å². The number of rotatable bonds is 3. The van der Waals surface area contributed by atoms with Crippen molar-refractivity contribution in [2.24, 2.45) is 0 Å². The average molecular weight is 366 g/mol. The summed E-state index contributed by atoms with van der Waals surface area (Å²) in [6.45, 7) is 0.365. The van der Waals surface area contributed by atoms with Crippen molar-refractivity contribution in [2.45, 2.75) is 6.10 Å². The zero-order valence-corrected chi connectivity index (χ0v) is 14.6. The van der Waals surface area contributed by atoms with E-state index in [9.17, 15) is 0 Å². The molecule has 5 rings (SSSR count). The van der Waals surface area contributed by atoms with Crippen molar-refractivity contribution >= 4 is 16.3 Å². The maximum absolute atomic E-state index is 6.03. The number of hydrogen-bond acceptors (Lipinski definition) is 7.